The predicted molar refractivity (Wildman–Crippen MR) is 66.8 cm³/mol. The number of hydrogen-bond acceptors (Lipinski definition) is 4. The van der Waals surface area contributed by atoms with Crippen molar-refractivity contribution in [1.29, 1.82) is 0 Å². The van der Waals surface area contributed by atoms with Crippen molar-refractivity contribution in [2.75, 3.05) is 5.32 Å². The van der Waals surface area contributed by atoms with Gasteiger partial charge in [0.15, 0.2) is 5.13 Å². The topological polar surface area (TPSA) is 42.0 Å². The number of rotatable bonds is 2. The maximum atomic E-state index is 11.7. The third kappa shape index (κ3) is 2.64. The molecule has 0 bridgehead atoms. The Bertz CT molecular complexity index is 492. The third-order valence-corrected chi connectivity index (χ3v) is 4.00. The molecule has 0 aromatic carbocycles. The molecule has 2 aromatic rings. The second-order valence-electron chi connectivity index (χ2n) is 2.87. The minimum Gasteiger partial charge on any atom is -0.298 e. The number of nitrogens with zero attached hydrogens (tertiary/aromatic N) is 1. The van der Waals surface area contributed by atoms with E-state index in [0.717, 1.165) is 8.66 Å². The largest absolute Gasteiger partial charge is 0.298 e. The van der Waals surface area contributed by atoms with Gasteiger partial charge in [-0.25, -0.2) is 4.98 Å². The van der Waals surface area contributed by atoms with Crippen molar-refractivity contribution in [3.63, 3.8) is 0 Å². The highest BCUT2D eigenvalue weighted by Crippen LogP contribution is 2.22. The van der Waals surface area contributed by atoms with Crippen molar-refractivity contribution in [1.82, 2.24) is 4.98 Å². The Morgan fingerprint density at radius 2 is 2.40 bits per heavy atom. The lowest BCUT2D eigenvalue weighted by Gasteiger charge is -1.97. The lowest BCUT2D eigenvalue weighted by Crippen LogP contribution is -2.10. The normalized spacial score (nSPS) is 10.3. The summed E-state index contributed by atoms with van der Waals surface area (Å²) in [5.41, 5.74) is 0.653. The van der Waals surface area contributed by atoms with E-state index in [1.807, 2.05) is 6.92 Å². The first-order chi connectivity index (χ1) is 7.15. The highest BCUT2D eigenvalue weighted by atomic mass is 79.9. The van der Waals surface area contributed by atoms with Crippen molar-refractivity contribution < 1.29 is 4.79 Å². The first kappa shape index (κ1) is 10.8. The van der Waals surface area contributed by atoms with Crippen LogP contribution in [0.2, 0.25) is 0 Å². The molecule has 0 saturated heterocycles. The van der Waals surface area contributed by atoms with E-state index >= 15 is 0 Å². The van der Waals surface area contributed by atoms with Gasteiger partial charge < -0.3 is 0 Å². The number of anilines is 1. The number of thiazole rings is 1. The van der Waals surface area contributed by atoms with Gasteiger partial charge in [-0.2, -0.15) is 0 Å². The standard InChI is InChI=1S/C9H7BrN2OS2/c1-5-3-11-9(15-5)12-8(13)6-2-7(10)14-4-6/h2-4H,1H3,(H,11,12,13). The number of nitrogens with one attached hydrogen (secondary N) is 1. The number of aromatic nitrogens is 1. The van der Waals surface area contributed by atoms with E-state index in [-0.39, 0.29) is 5.91 Å². The van der Waals surface area contributed by atoms with Crippen LogP contribution in [0.1, 0.15) is 15.2 Å². The van der Waals surface area contributed by atoms with Crippen molar-refractivity contribution in [2.24, 2.45) is 0 Å². The monoisotopic (exact) mass is 302 g/mol. The minimum atomic E-state index is -0.119. The molecular formula is C9H7BrN2OS2. The summed E-state index contributed by atoms with van der Waals surface area (Å²) in [6.45, 7) is 1.95. The number of halogens is 1. The average Bonchev–Trinajstić information content (AvgIpc) is 2.75. The number of carbonyl (C=O) groups is 1. The fourth-order valence-corrected chi connectivity index (χ4v) is 2.81. The van der Waals surface area contributed by atoms with Gasteiger partial charge in [-0.05, 0) is 28.9 Å². The Balaban J connectivity index is 2.10. The van der Waals surface area contributed by atoms with E-state index in [1.165, 1.54) is 22.7 Å². The quantitative estimate of drug-likeness (QED) is 0.922. The van der Waals surface area contributed by atoms with E-state index in [1.54, 1.807) is 17.6 Å². The highest BCUT2D eigenvalue weighted by molar-refractivity contribution is 9.11. The molecule has 0 aliphatic heterocycles. The van der Waals surface area contributed by atoms with Gasteiger partial charge in [0.25, 0.3) is 5.91 Å². The average molecular weight is 303 g/mol. The summed E-state index contributed by atoms with van der Waals surface area (Å²) >= 11 is 6.27. The summed E-state index contributed by atoms with van der Waals surface area (Å²) in [7, 11) is 0. The Morgan fingerprint density at radius 1 is 1.60 bits per heavy atom. The second-order valence-corrected chi connectivity index (χ2v) is 6.39. The summed E-state index contributed by atoms with van der Waals surface area (Å²) in [5.74, 6) is -0.119. The van der Waals surface area contributed by atoms with Crippen LogP contribution in [0.25, 0.3) is 0 Å². The maximum Gasteiger partial charge on any atom is 0.258 e. The molecule has 1 N–H and O–H groups in total. The molecule has 0 unspecified atom stereocenters. The van der Waals surface area contributed by atoms with Gasteiger partial charge >= 0.3 is 0 Å². The van der Waals surface area contributed by atoms with E-state index in [0.29, 0.717) is 10.7 Å². The third-order valence-electron chi connectivity index (χ3n) is 1.67. The van der Waals surface area contributed by atoms with Crippen LogP contribution in [0.4, 0.5) is 5.13 Å². The summed E-state index contributed by atoms with van der Waals surface area (Å²) in [4.78, 5) is 16.8. The molecule has 2 aromatic heterocycles. The van der Waals surface area contributed by atoms with E-state index in [2.05, 4.69) is 26.2 Å². The van der Waals surface area contributed by atoms with Crippen LogP contribution in [-0.4, -0.2) is 10.9 Å². The van der Waals surface area contributed by atoms with Gasteiger partial charge in [-0.15, -0.1) is 22.7 Å². The number of aryl methyl sites for hydroxylation is 1. The lowest BCUT2D eigenvalue weighted by molar-refractivity contribution is 0.102. The Labute approximate surface area is 103 Å². The highest BCUT2D eigenvalue weighted by Gasteiger charge is 2.09. The SMILES string of the molecule is Cc1cnc(NC(=O)c2csc(Br)c2)s1. The number of carbonyl (C=O) groups excluding carboxylic acids is 1. The molecule has 3 nitrogen and oxygen atoms in total. The number of hydrogen-bond donors (Lipinski definition) is 1. The van der Waals surface area contributed by atoms with Crippen LogP contribution in [0.5, 0.6) is 0 Å². The summed E-state index contributed by atoms with van der Waals surface area (Å²) in [5, 5.41) is 5.19. The first-order valence-electron chi connectivity index (χ1n) is 4.13. The predicted octanol–water partition coefficient (Wildman–Crippen LogP) is 3.53. The molecular weight excluding hydrogens is 296 g/mol. The van der Waals surface area contributed by atoms with Gasteiger partial charge in [0, 0.05) is 16.5 Å². The van der Waals surface area contributed by atoms with Crippen LogP contribution in [0.3, 0.4) is 0 Å². The molecule has 0 spiro atoms. The first-order valence-corrected chi connectivity index (χ1v) is 6.62. The Kier molecular flexibility index (Phi) is 3.18. The fraction of sp³-hybridized carbons (Fsp3) is 0.111. The van der Waals surface area contributed by atoms with Crippen LogP contribution < -0.4 is 5.32 Å². The zero-order chi connectivity index (χ0) is 10.8. The zero-order valence-corrected chi connectivity index (χ0v) is 11.0. The molecule has 15 heavy (non-hydrogen) atoms. The Morgan fingerprint density at radius 3 is 2.93 bits per heavy atom. The van der Waals surface area contributed by atoms with Crippen LogP contribution in [0.15, 0.2) is 21.4 Å². The molecule has 0 saturated carbocycles. The van der Waals surface area contributed by atoms with Gasteiger partial charge in [0.1, 0.15) is 0 Å². The maximum absolute atomic E-state index is 11.7. The van der Waals surface area contributed by atoms with Crippen molar-refractivity contribution >= 4 is 49.6 Å². The lowest BCUT2D eigenvalue weighted by atomic mass is 10.3. The molecule has 1 amide bonds. The van der Waals surface area contributed by atoms with Gasteiger partial charge in [0.05, 0.1) is 9.35 Å². The van der Waals surface area contributed by atoms with Crippen LogP contribution in [-0.2, 0) is 0 Å². The van der Waals surface area contributed by atoms with E-state index in [4.69, 9.17) is 0 Å². The van der Waals surface area contributed by atoms with Crippen molar-refractivity contribution in [3.05, 3.63) is 31.9 Å². The molecule has 0 aliphatic rings. The summed E-state index contributed by atoms with van der Waals surface area (Å²) in [6.07, 6.45) is 1.74. The smallest absolute Gasteiger partial charge is 0.258 e. The van der Waals surface area contributed by atoms with Crippen LogP contribution >= 0.6 is 38.6 Å². The molecule has 0 fully saturated rings. The van der Waals surface area contributed by atoms with Gasteiger partial charge in [-0.1, -0.05) is 0 Å². The molecule has 0 atom stereocenters. The molecule has 78 valence electrons. The van der Waals surface area contributed by atoms with Crippen molar-refractivity contribution in [2.45, 2.75) is 6.92 Å². The number of amides is 1. The van der Waals surface area contributed by atoms with Crippen LogP contribution in [0, 0.1) is 6.92 Å². The minimum absolute atomic E-state index is 0.119. The van der Waals surface area contributed by atoms with Crippen molar-refractivity contribution in [3.8, 4) is 0 Å². The fourth-order valence-electron chi connectivity index (χ4n) is 1.01. The van der Waals surface area contributed by atoms with Gasteiger partial charge in [0.2, 0.25) is 0 Å². The molecule has 0 aliphatic carbocycles. The summed E-state index contributed by atoms with van der Waals surface area (Å²) < 4.78 is 0.947. The molecule has 2 heterocycles. The number of thiophene rings is 1. The molecule has 6 heteroatoms. The van der Waals surface area contributed by atoms with Gasteiger partial charge in [-0.3, -0.25) is 10.1 Å². The summed E-state index contributed by atoms with van der Waals surface area (Å²) in [6, 6.07) is 1.79. The van der Waals surface area contributed by atoms with E-state index < -0.39 is 0 Å². The molecule has 2 rings (SSSR count). The second kappa shape index (κ2) is 4.42. The molecule has 0 radical (unpaired) electrons. The zero-order valence-electron chi connectivity index (χ0n) is 7.78. The van der Waals surface area contributed by atoms with E-state index in [9.17, 15) is 4.79 Å². The Hall–Kier alpha value is -0.720.